The van der Waals surface area contributed by atoms with E-state index in [1.165, 1.54) is 18.9 Å². The summed E-state index contributed by atoms with van der Waals surface area (Å²) in [6.07, 6.45) is 0. The summed E-state index contributed by atoms with van der Waals surface area (Å²) in [6, 6.07) is 22.9. The molecule has 10 heteroatoms. The Balaban J connectivity index is 2.09. The highest BCUT2D eigenvalue weighted by molar-refractivity contribution is 8.00. The van der Waals surface area contributed by atoms with Crippen LogP contribution in [0.2, 0.25) is 0 Å². The van der Waals surface area contributed by atoms with Crippen molar-refractivity contribution in [1.82, 2.24) is 4.72 Å². The molecule has 210 valence electrons. The molecule has 3 atom stereocenters. The first-order chi connectivity index (χ1) is 18.4. The van der Waals surface area contributed by atoms with Gasteiger partial charge in [0.2, 0.25) is 15.9 Å². The fourth-order valence-electron chi connectivity index (χ4n) is 3.56. The number of nitrogens with one attached hydrogen (secondary N) is 1. The number of thioether (sulfide) groups is 1. The molecule has 0 amide bonds. The summed E-state index contributed by atoms with van der Waals surface area (Å²) in [4.78, 5) is 0.155. The van der Waals surface area contributed by atoms with Crippen LogP contribution in [0.3, 0.4) is 0 Å². The lowest BCUT2D eigenvalue weighted by molar-refractivity contribution is 0.386. The Bertz CT molecular complexity index is 1370. The minimum atomic E-state index is -3.93. The van der Waals surface area contributed by atoms with Crippen LogP contribution in [-0.4, -0.2) is 42.7 Å². The van der Waals surface area contributed by atoms with Crippen LogP contribution in [0.15, 0.2) is 88.2 Å². The standard InChI is InChI=1S/C29H36N2O5S3/c1-21-12-18-25(19-13-21)39(33,34)31-26(23-10-8-7-9-11-23)27(28(36-6)30-38(32)29(2,3)4)37-20-22-14-16-24(35-5)17-15-22/h7-19,26-27,31H,20H2,1-6H3/b30-28+/t26-,27-,38-/m1/s1. The first kappa shape index (κ1) is 30.9. The maximum Gasteiger partial charge on any atom is 0.241 e. The molecule has 0 aromatic heterocycles. The molecule has 0 unspecified atom stereocenters. The molecule has 3 rings (SSSR count). The van der Waals surface area contributed by atoms with Crippen molar-refractivity contribution < 1.29 is 22.1 Å². The average Bonchev–Trinajstić information content (AvgIpc) is 2.92. The largest absolute Gasteiger partial charge is 0.497 e. The number of sulfonamides is 1. The molecule has 39 heavy (non-hydrogen) atoms. The van der Waals surface area contributed by atoms with Crippen molar-refractivity contribution in [2.45, 2.75) is 54.4 Å². The number of rotatable bonds is 11. The van der Waals surface area contributed by atoms with E-state index in [2.05, 4.69) is 9.12 Å². The highest BCUT2D eigenvalue weighted by atomic mass is 32.2. The Morgan fingerprint density at radius 3 is 2.13 bits per heavy atom. The lowest BCUT2D eigenvalue weighted by Gasteiger charge is -2.29. The zero-order valence-corrected chi connectivity index (χ0v) is 25.5. The summed E-state index contributed by atoms with van der Waals surface area (Å²) in [6.45, 7) is 7.38. The SMILES string of the molecule is CO/C(=N/[S@](=O)C(C)(C)C)[C@H](SCc1ccc(OC)cc1)[C@H](NS(=O)(=O)c1ccc(C)cc1)c1ccccc1. The van der Waals surface area contributed by atoms with E-state index in [1.54, 1.807) is 31.4 Å². The maximum atomic E-state index is 13.6. The molecule has 0 radical (unpaired) electrons. The Kier molecular flexibility index (Phi) is 10.8. The first-order valence-electron chi connectivity index (χ1n) is 12.4. The third-order valence-corrected chi connectivity index (χ3v) is 10.00. The molecule has 0 aliphatic carbocycles. The highest BCUT2D eigenvalue weighted by Crippen LogP contribution is 2.33. The molecule has 0 fully saturated rings. The normalized spacial score (nSPS) is 14.9. The minimum absolute atomic E-state index is 0.155. The van der Waals surface area contributed by atoms with Gasteiger partial charge in [0.05, 0.1) is 29.9 Å². The van der Waals surface area contributed by atoms with Crippen molar-refractivity contribution in [2.24, 2.45) is 4.40 Å². The number of ether oxygens (including phenoxy) is 2. The quantitative estimate of drug-likeness (QED) is 0.224. The molecule has 0 saturated carbocycles. The second-order valence-corrected chi connectivity index (χ2v) is 14.6. The fraction of sp³-hybridized carbons (Fsp3) is 0.345. The molecule has 0 bridgehead atoms. The smallest absolute Gasteiger partial charge is 0.241 e. The Morgan fingerprint density at radius 1 is 0.974 bits per heavy atom. The van der Waals surface area contributed by atoms with Gasteiger partial charge in [-0.25, -0.2) is 17.3 Å². The molecule has 0 heterocycles. The zero-order chi connectivity index (χ0) is 28.6. The molecule has 0 aliphatic rings. The van der Waals surface area contributed by atoms with Gasteiger partial charge in [-0.1, -0.05) is 60.2 Å². The van der Waals surface area contributed by atoms with E-state index in [4.69, 9.17) is 9.47 Å². The van der Waals surface area contributed by atoms with Gasteiger partial charge < -0.3 is 9.47 Å². The number of benzene rings is 3. The Labute approximate surface area is 239 Å². The Morgan fingerprint density at radius 2 is 1.59 bits per heavy atom. The molecular formula is C29H36N2O5S3. The molecule has 1 N–H and O–H groups in total. The van der Waals surface area contributed by atoms with Crippen molar-refractivity contribution in [3.05, 3.63) is 95.6 Å². The van der Waals surface area contributed by atoms with Crippen molar-refractivity contribution in [3.63, 3.8) is 0 Å². The van der Waals surface area contributed by atoms with Gasteiger partial charge in [-0.15, -0.1) is 11.8 Å². The van der Waals surface area contributed by atoms with Crippen molar-refractivity contribution in [2.75, 3.05) is 14.2 Å². The topological polar surface area (TPSA) is 94.1 Å². The van der Waals surface area contributed by atoms with Crippen LogP contribution < -0.4 is 9.46 Å². The average molecular weight is 589 g/mol. The van der Waals surface area contributed by atoms with Crippen molar-refractivity contribution in [1.29, 1.82) is 0 Å². The van der Waals surface area contributed by atoms with Crippen LogP contribution >= 0.6 is 11.8 Å². The third kappa shape index (κ3) is 8.66. The highest BCUT2D eigenvalue weighted by Gasteiger charge is 2.35. The monoisotopic (exact) mass is 588 g/mol. The van der Waals surface area contributed by atoms with Crippen LogP contribution in [0.1, 0.15) is 43.5 Å². The molecular weight excluding hydrogens is 553 g/mol. The molecule has 0 aliphatic heterocycles. The molecule has 3 aromatic carbocycles. The van der Waals surface area contributed by atoms with Crippen molar-refractivity contribution in [3.8, 4) is 5.75 Å². The summed E-state index contributed by atoms with van der Waals surface area (Å²) >= 11 is 1.46. The number of hydrogen-bond donors (Lipinski definition) is 1. The number of nitrogens with zero attached hydrogens (tertiary/aromatic N) is 1. The van der Waals surface area contributed by atoms with Gasteiger partial charge in [-0.2, -0.15) is 4.40 Å². The second-order valence-electron chi connectivity index (χ2n) is 9.90. The lowest BCUT2D eigenvalue weighted by Crippen LogP contribution is -2.40. The van der Waals surface area contributed by atoms with Gasteiger partial charge in [0, 0.05) is 5.75 Å². The van der Waals surface area contributed by atoms with Gasteiger partial charge in [0.1, 0.15) is 22.0 Å². The van der Waals surface area contributed by atoms with Crippen molar-refractivity contribution >= 4 is 38.7 Å². The van der Waals surface area contributed by atoms with E-state index in [9.17, 15) is 12.6 Å². The molecule has 7 nitrogen and oxygen atoms in total. The van der Waals surface area contributed by atoms with Gasteiger partial charge in [-0.05, 0) is 63.1 Å². The number of hydrogen-bond acceptors (Lipinski definition) is 6. The van der Waals surface area contributed by atoms with Crippen LogP contribution in [-0.2, 0) is 31.5 Å². The number of aryl methyl sites for hydroxylation is 1. The summed E-state index contributed by atoms with van der Waals surface area (Å²) in [5, 5.41) is -0.633. The maximum absolute atomic E-state index is 13.6. The Hall–Kier alpha value is -2.66. The number of methoxy groups -OCH3 is 2. The summed E-state index contributed by atoms with van der Waals surface area (Å²) in [5.41, 5.74) is 2.69. The van der Waals surface area contributed by atoms with E-state index in [0.717, 1.165) is 22.4 Å². The summed E-state index contributed by atoms with van der Waals surface area (Å²) in [5.74, 6) is 1.46. The predicted molar refractivity (Wildman–Crippen MR) is 161 cm³/mol. The third-order valence-electron chi connectivity index (χ3n) is 5.81. The summed E-state index contributed by atoms with van der Waals surface area (Å²) in [7, 11) is -2.46. The van der Waals surface area contributed by atoms with Crippen LogP contribution in [0.4, 0.5) is 0 Å². The second kappa shape index (κ2) is 13.6. The van der Waals surface area contributed by atoms with Crippen LogP contribution in [0.25, 0.3) is 0 Å². The summed E-state index contributed by atoms with van der Waals surface area (Å²) < 4.78 is 58.0. The van der Waals surface area contributed by atoms with Gasteiger partial charge in [0.25, 0.3) is 0 Å². The zero-order valence-electron chi connectivity index (χ0n) is 23.1. The van der Waals surface area contributed by atoms with Gasteiger partial charge in [-0.3, -0.25) is 0 Å². The van der Waals surface area contributed by atoms with Gasteiger partial charge >= 0.3 is 0 Å². The first-order valence-corrected chi connectivity index (χ1v) is 16.0. The van der Waals surface area contributed by atoms with Crippen LogP contribution in [0, 0.1) is 6.92 Å². The van der Waals surface area contributed by atoms with Crippen LogP contribution in [0.5, 0.6) is 5.75 Å². The van der Waals surface area contributed by atoms with E-state index < -0.39 is 37.0 Å². The van der Waals surface area contributed by atoms with E-state index >= 15 is 0 Å². The van der Waals surface area contributed by atoms with Gasteiger partial charge in [0.15, 0.2) is 0 Å². The predicted octanol–water partition coefficient (Wildman–Crippen LogP) is 5.83. The van der Waals surface area contributed by atoms with E-state index in [-0.39, 0.29) is 10.8 Å². The molecule has 0 spiro atoms. The van der Waals surface area contributed by atoms with E-state index in [0.29, 0.717) is 5.75 Å². The lowest BCUT2D eigenvalue weighted by atomic mass is 10.0. The molecule has 3 aromatic rings. The fourth-order valence-corrected chi connectivity index (χ4v) is 6.85. The minimum Gasteiger partial charge on any atom is -0.497 e. The molecule has 0 saturated heterocycles. The van der Waals surface area contributed by atoms with E-state index in [1.807, 2.05) is 82.3 Å².